The third kappa shape index (κ3) is 2.93. The largest absolute Gasteiger partial charge is 0.370 e. The number of aromatic amines is 1. The highest BCUT2D eigenvalue weighted by atomic mass is 16.1. The van der Waals surface area contributed by atoms with Crippen LogP contribution in [0.5, 0.6) is 0 Å². The summed E-state index contributed by atoms with van der Waals surface area (Å²) in [5.41, 5.74) is 0.315. The van der Waals surface area contributed by atoms with Gasteiger partial charge >= 0.3 is 5.69 Å². The van der Waals surface area contributed by atoms with E-state index in [4.69, 9.17) is 0 Å². The molecule has 21 heavy (non-hydrogen) atoms. The summed E-state index contributed by atoms with van der Waals surface area (Å²) in [7, 11) is 0. The van der Waals surface area contributed by atoms with E-state index in [0.29, 0.717) is 11.5 Å². The van der Waals surface area contributed by atoms with E-state index >= 15 is 0 Å². The van der Waals surface area contributed by atoms with Crippen molar-refractivity contribution in [2.24, 2.45) is 0 Å². The van der Waals surface area contributed by atoms with Crippen LogP contribution in [-0.4, -0.2) is 35.7 Å². The van der Waals surface area contributed by atoms with Crippen LogP contribution >= 0.6 is 0 Å². The van der Waals surface area contributed by atoms with Crippen molar-refractivity contribution >= 4 is 11.5 Å². The number of fused-ring (bicyclic) bond motifs is 1. The van der Waals surface area contributed by atoms with Crippen molar-refractivity contribution in [3.05, 3.63) is 41.1 Å². The van der Waals surface area contributed by atoms with E-state index in [1.807, 2.05) is 12.5 Å². The van der Waals surface area contributed by atoms with Crippen molar-refractivity contribution in [2.45, 2.75) is 26.3 Å². The maximum Gasteiger partial charge on any atom is 0.349 e. The minimum absolute atomic E-state index is 0.262. The van der Waals surface area contributed by atoms with Crippen LogP contribution in [0.25, 0.3) is 5.65 Å². The Morgan fingerprint density at radius 3 is 3.10 bits per heavy atom. The molecule has 3 aromatic heterocycles. The molecule has 0 amide bonds. The van der Waals surface area contributed by atoms with Crippen molar-refractivity contribution in [3.8, 4) is 0 Å². The van der Waals surface area contributed by atoms with Crippen LogP contribution in [0.2, 0.25) is 0 Å². The Morgan fingerprint density at radius 1 is 1.38 bits per heavy atom. The molecular weight excluding hydrogens is 270 g/mol. The van der Waals surface area contributed by atoms with Gasteiger partial charge in [-0.3, -0.25) is 0 Å². The summed E-state index contributed by atoms with van der Waals surface area (Å²) in [5.74, 6) is 1.36. The fraction of sp³-hybridized carbons (Fsp3) is 0.385. The molecule has 3 rings (SSSR count). The number of aromatic nitrogens is 6. The Hall–Kier alpha value is -2.64. The first kappa shape index (κ1) is 13.3. The van der Waals surface area contributed by atoms with Gasteiger partial charge in [-0.25, -0.2) is 24.3 Å². The van der Waals surface area contributed by atoms with Gasteiger partial charge in [-0.05, 0) is 19.8 Å². The first-order chi connectivity index (χ1) is 10.2. The van der Waals surface area contributed by atoms with Crippen LogP contribution in [-0.2, 0) is 6.54 Å². The van der Waals surface area contributed by atoms with Gasteiger partial charge in [0.15, 0.2) is 5.65 Å². The molecule has 0 aliphatic carbocycles. The highest BCUT2D eigenvalue weighted by Gasteiger charge is 2.06. The second-order valence-corrected chi connectivity index (χ2v) is 4.85. The lowest BCUT2D eigenvalue weighted by Gasteiger charge is -2.07. The monoisotopic (exact) mass is 287 g/mol. The lowest BCUT2D eigenvalue weighted by molar-refractivity contribution is 0.620. The molecule has 8 heteroatoms. The summed E-state index contributed by atoms with van der Waals surface area (Å²) >= 11 is 0. The van der Waals surface area contributed by atoms with Crippen LogP contribution in [0.4, 0.5) is 5.82 Å². The molecule has 3 aromatic rings. The van der Waals surface area contributed by atoms with Crippen LogP contribution in [0, 0.1) is 6.92 Å². The molecule has 0 saturated carbocycles. The second-order valence-electron chi connectivity index (χ2n) is 4.85. The van der Waals surface area contributed by atoms with Crippen LogP contribution in [0.1, 0.15) is 18.7 Å². The van der Waals surface area contributed by atoms with Crippen molar-refractivity contribution < 1.29 is 0 Å². The van der Waals surface area contributed by atoms with Gasteiger partial charge in [0, 0.05) is 31.5 Å². The maximum absolute atomic E-state index is 11.5. The third-order valence-electron chi connectivity index (χ3n) is 3.28. The summed E-state index contributed by atoms with van der Waals surface area (Å²) in [5, 5.41) is 9.63. The molecular formula is C13H17N7O. The lowest BCUT2D eigenvalue weighted by atomic mass is 10.3. The molecule has 0 spiro atoms. The minimum Gasteiger partial charge on any atom is -0.370 e. The normalized spacial score (nSPS) is 11.1. The zero-order chi connectivity index (χ0) is 14.7. The van der Waals surface area contributed by atoms with E-state index in [-0.39, 0.29) is 5.69 Å². The second kappa shape index (κ2) is 5.78. The third-order valence-corrected chi connectivity index (χ3v) is 3.28. The molecule has 0 atom stereocenters. The van der Waals surface area contributed by atoms with E-state index in [0.717, 1.165) is 31.7 Å². The fourth-order valence-electron chi connectivity index (χ4n) is 2.24. The number of hydrogen-bond donors (Lipinski definition) is 2. The number of imidazole rings is 1. The Morgan fingerprint density at radius 2 is 2.29 bits per heavy atom. The van der Waals surface area contributed by atoms with E-state index in [9.17, 15) is 4.79 Å². The van der Waals surface area contributed by atoms with E-state index in [1.54, 1.807) is 19.2 Å². The van der Waals surface area contributed by atoms with Crippen LogP contribution in [0.3, 0.4) is 0 Å². The molecule has 0 saturated heterocycles. The molecule has 3 heterocycles. The zero-order valence-corrected chi connectivity index (χ0v) is 11.8. The summed E-state index contributed by atoms with van der Waals surface area (Å²) in [4.78, 5) is 19.9. The molecule has 0 aliphatic rings. The van der Waals surface area contributed by atoms with Gasteiger partial charge in [0.2, 0.25) is 0 Å². The Kier molecular flexibility index (Phi) is 3.67. The number of nitrogens with one attached hydrogen (secondary N) is 2. The number of nitrogens with zero attached hydrogens (tertiary/aromatic N) is 5. The standard InChI is InChI=1S/C13H17N7O/c1-10-16-11(8-12-17-18-13(21)20(10)12)15-4-2-3-6-19-7-5-14-9-19/h5,7-9,15H,2-4,6H2,1H3,(H,18,21). The van der Waals surface area contributed by atoms with Crippen molar-refractivity contribution in [1.29, 1.82) is 0 Å². The number of anilines is 1. The molecule has 0 fully saturated rings. The summed E-state index contributed by atoms with van der Waals surface area (Å²) in [6, 6.07) is 1.76. The minimum atomic E-state index is -0.262. The average Bonchev–Trinajstić information content (AvgIpc) is 3.09. The van der Waals surface area contributed by atoms with Gasteiger partial charge in [-0.1, -0.05) is 0 Å². The van der Waals surface area contributed by atoms with Crippen LogP contribution in [0.15, 0.2) is 29.6 Å². The maximum atomic E-state index is 11.5. The van der Waals surface area contributed by atoms with Gasteiger partial charge in [0.25, 0.3) is 0 Å². The SMILES string of the molecule is Cc1nc(NCCCCn2ccnc2)cc2n[nH]c(=O)n12. The number of H-pyrrole nitrogens is 1. The molecule has 0 aliphatic heterocycles. The Bertz CT molecular complexity index is 772. The van der Waals surface area contributed by atoms with E-state index < -0.39 is 0 Å². The molecule has 2 N–H and O–H groups in total. The molecule has 8 nitrogen and oxygen atoms in total. The number of aryl methyl sites for hydroxylation is 2. The predicted octanol–water partition coefficient (Wildman–Crippen LogP) is 0.815. The number of unbranched alkanes of at least 4 members (excludes halogenated alkanes) is 1. The van der Waals surface area contributed by atoms with Gasteiger partial charge < -0.3 is 9.88 Å². The Balaban J connectivity index is 1.54. The van der Waals surface area contributed by atoms with Gasteiger partial charge in [0.05, 0.1) is 6.33 Å². The molecule has 110 valence electrons. The smallest absolute Gasteiger partial charge is 0.349 e. The van der Waals surface area contributed by atoms with Crippen molar-refractivity contribution in [1.82, 2.24) is 29.1 Å². The quantitative estimate of drug-likeness (QED) is 0.655. The first-order valence-electron chi connectivity index (χ1n) is 6.88. The lowest BCUT2D eigenvalue weighted by Crippen LogP contribution is -2.14. The topological polar surface area (TPSA) is 92.9 Å². The van der Waals surface area contributed by atoms with Crippen LogP contribution < -0.4 is 11.0 Å². The highest BCUT2D eigenvalue weighted by molar-refractivity contribution is 5.49. The van der Waals surface area contributed by atoms with Crippen molar-refractivity contribution in [3.63, 3.8) is 0 Å². The average molecular weight is 287 g/mol. The molecule has 0 unspecified atom stereocenters. The summed E-state index contributed by atoms with van der Waals surface area (Å²) < 4.78 is 3.51. The van der Waals surface area contributed by atoms with E-state index in [1.165, 1.54) is 4.40 Å². The number of hydrogen-bond acceptors (Lipinski definition) is 5. The molecule has 0 radical (unpaired) electrons. The number of rotatable bonds is 6. The summed E-state index contributed by atoms with van der Waals surface area (Å²) in [6.07, 6.45) is 7.65. The first-order valence-corrected chi connectivity index (χ1v) is 6.88. The van der Waals surface area contributed by atoms with E-state index in [2.05, 4.69) is 30.0 Å². The predicted molar refractivity (Wildman–Crippen MR) is 78.3 cm³/mol. The fourth-order valence-corrected chi connectivity index (χ4v) is 2.24. The summed E-state index contributed by atoms with van der Waals surface area (Å²) in [6.45, 7) is 3.57. The van der Waals surface area contributed by atoms with Gasteiger partial charge in [0.1, 0.15) is 11.6 Å². The van der Waals surface area contributed by atoms with Gasteiger partial charge in [-0.2, -0.15) is 5.10 Å². The van der Waals surface area contributed by atoms with Crippen molar-refractivity contribution in [2.75, 3.05) is 11.9 Å². The van der Waals surface area contributed by atoms with Gasteiger partial charge in [-0.15, -0.1) is 0 Å². The Labute approximate surface area is 120 Å². The molecule has 0 bridgehead atoms. The highest BCUT2D eigenvalue weighted by Crippen LogP contribution is 2.08. The molecule has 0 aromatic carbocycles. The zero-order valence-electron chi connectivity index (χ0n) is 11.8.